The molecule has 0 fully saturated rings. The minimum absolute atomic E-state index is 0.107. The second kappa shape index (κ2) is 4.84. The highest BCUT2D eigenvalue weighted by atomic mass is 19.2. The molecule has 1 unspecified atom stereocenters. The number of amides is 1. The van der Waals surface area contributed by atoms with E-state index in [9.17, 15) is 13.6 Å². The van der Waals surface area contributed by atoms with E-state index in [0.717, 1.165) is 28.8 Å². The van der Waals surface area contributed by atoms with Crippen LogP contribution in [0, 0.1) is 25.5 Å². The van der Waals surface area contributed by atoms with Gasteiger partial charge in [-0.3, -0.25) is 4.79 Å². The summed E-state index contributed by atoms with van der Waals surface area (Å²) in [5, 5.41) is 5.81. The third-order valence-electron chi connectivity index (χ3n) is 3.63. The first-order valence-corrected chi connectivity index (χ1v) is 6.59. The summed E-state index contributed by atoms with van der Waals surface area (Å²) in [4.78, 5) is 12.1. The molecule has 0 aliphatic carbocycles. The molecule has 3 rings (SSSR count). The van der Waals surface area contributed by atoms with Crippen LogP contribution in [0.2, 0.25) is 0 Å². The van der Waals surface area contributed by atoms with Crippen LogP contribution in [-0.2, 0) is 0 Å². The van der Waals surface area contributed by atoms with Crippen molar-refractivity contribution in [3.8, 4) is 0 Å². The van der Waals surface area contributed by atoms with Gasteiger partial charge in [0.1, 0.15) is 6.17 Å². The van der Waals surface area contributed by atoms with Crippen LogP contribution < -0.4 is 10.6 Å². The molecule has 2 aromatic rings. The first kappa shape index (κ1) is 13.5. The Labute approximate surface area is 121 Å². The smallest absolute Gasteiger partial charge is 0.255 e. The largest absolute Gasteiger partial charge is 0.361 e. The predicted molar refractivity (Wildman–Crippen MR) is 76.1 cm³/mol. The fourth-order valence-electron chi connectivity index (χ4n) is 2.48. The number of hydrogen-bond donors (Lipinski definition) is 2. The number of carbonyl (C=O) groups excluding carboxylic acids is 1. The Bertz CT molecular complexity index is 743. The van der Waals surface area contributed by atoms with Gasteiger partial charge in [-0.2, -0.15) is 0 Å². The highest BCUT2D eigenvalue weighted by Gasteiger charge is 2.27. The van der Waals surface area contributed by atoms with Crippen LogP contribution in [0.3, 0.4) is 0 Å². The minimum Gasteiger partial charge on any atom is -0.361 e. The van der Waals surface area contributed by atoms with Gasteiger partial charge in [-0.1, -0.05) is 23.8 Å². The fourth-order valence-corrected chi connectivity index (χ4v) is 2.48. The molecule has 1 amide bonds. The van der Waals surface area contributed by atoms with E-state index in [2.05, 4.69) is 10.6 Å². The summed E-state index contributed by atoms with van der Waals surface area (Å²) in [6, 6.07) is 7.82. The van der Waals surface area contributed by atoms with Gasteiger partial charge in [0.15, 0.2) is 11.6 Å². The molecule has 0 bridgehead atoms. The Morgan fingerprint density at radius 1 is 1.00 bits per heavy atom. The Hall–Kier alpha value is -2.43. The van der Waals surface area contributed by atoms with Crippen molar-refractivity contribution in [2.75, 3.05) is 5.32 Å². The normalized spacial score (nSPS) is 17.0. The molecule has 0 aromatic heterocycles. The van der Waals surface area contributed by atoms with E-state index in [-0.39, 0.29) is 5.56 Å². The molecule has 2 N–H and O–H groups in total. The summed E-state index contributed by atoms with van der Waals surface area (Å²) in [5.41, 5.74) is 3.37. The summed E-state index contributed by atoms with van der Waals surface area (Å²) in [7, 11) is 0. The maximum atomic E-state index is 13.4. The van der Waals surface area contributed by atoms with Crippen molar-refractivity contribution in [1.29, 1.82) is 0 Å². The average molecular weight is 288 g/mol. The number of hydrogen-bond acceptors (Lipinski definition) is 2. The lowest BCUT2D eigenvalue weighted by Crippen LogP contribution is -2.39. The van der Waals surface area contributed by atoms with Gasteiger partial charge in [0, 0.05) is 6.07 Å². The van der Waals surface area contributed by atoms with Gasteiger partial charge in [-0.25, -0.2) is 8.78 Å². The van der Waals surface area contributed by atoms with Crippen molar-refractivity contribution in [3.63, 3.8) is 0 Å². The number of anilines is 1. The Balaban J connectivity index is 2.04. The minimum atomic E-state index is -1.03. The van der Waals surface area contributed by atoms with Crippen molar-refractivity contribution >= 4 is 11.6 Å². The quantitative estimate of drug-likeness (QED) is 0.844. The van der Waals surface area contributed by atoms with Crippen LogP contribution in [0.15, 0.2) is 30.3 Å². The molecule has 0 saturated carbocycles. The zero-order chi connectivity index (χ0) is 15.1. The lowest BCUT2D eigenvalue weighted by molar-refractivity contribution is 0.0935. The van der Waals surface area contributed by atoms with E-state index in [4.69, 9.17) is 0 Å². The number of benzene rings is 2. The van der Waals surface area contributed by atoms with Crippen LogP contribution in [0.1, 0.15) is 33.2 Å². The van der Waals surface area contributed by atoms with Crippen molar-refractivity contribution < 1.29 is 13.6 Å². The molecule has 0 spiro atoms. The molecule has 1 atom stereocenters. The maximum Gasteiger partial charge on any atom is 0.255 e. The fraction of sp³-hybridized carbons (Fsp3) is 0.188. The van der Waals surface area contributed by atoms with Crippen molar-refractivity contribution in [2.24, 2.45) is 0 Å². The van der Waals surface area contributed by atoms with Gasteiger partial charge >= 0.3 is 0 Å². The Morgan fingerprint density at radius 2 is 1.71 bits per heavy atom. The molecule has 3 nitrogen and oxygen atoms in total. The van der Waals surface area contributed by atoms with E-state index in [1.54, 1.807) is 0 Å². The molecule has 108 valence electrons. The Morgan fingerprint density at radius 3 is 2.48 bits per heavy atom. The summed E-state index contributed by atoms with van der Waals surface area (Å²) in [6.07, 6.45) is -0.463. The number of aryl methyl sites for hydroxylation is 2. The van der Waals surface area contributed by atoms with Crippen molar-refractivity contribution in [1.82, 2.24) is 5.32 Å². The van der Waals surface area contributed by atoms with Gasteiger partial charge in [0.2, 0.25) is 0 Å². The summed E-state index contributed by atoms with van der Waals surface area (Å²) < 4.78 is 26.6. The van der Waals surface area contributed by atoms with Crippen LogP contribution in [0.5, 0.6) is 0 Å². The zero-order valence-corrected chi connectivity index (χ0v) is 11.6. The number of halogens is 2. The van der Waals surface area contributed by atoms with Crippen LogP contribution in [-0.4, -0.2) is 5.91 Å². The van der Waals surface area contributed by atoms with Gasteiger partial charge in [0.25, 0.3) is 5.91 Å². The third kappa shape index (κ3) is 2.35. The van der Waals surface area contributed by atoms with Crippen LogP contribution in [0.4, 0.5) is 14.5 Å². The molecule has 1 heterocycles. The van der Waals surface area contributed by atoms with E-state index >= 15 is 0 Å². The summed E-state index contributed by atoms with van der Waals surface area (Å²) in [5.74, 6) is -2.43. The number of rotatable bonds is 1. The van der Waals surface area contributed by atoms with Gasteiger partial charge < -0.3 is 10.6 Å². The molecule has 5 heteroatoms. The van der Waals surface area contributed by atoms with E-state index in [0.29, 0.717) is 5.69 Å². The first-order valence-electron chi connectivity index (χ1n) is 6.59. The monoisotopic (exact) mass is 288 g/mol. The van der Waals surface area contributed by atoms with E-state index in [1.807, 2.05) is 32.0 Å². The molecule has 21 heavy (non-hydrogen) atoms. The number of nitrogens with one attached hydrogen (secondary N) is 2. The molecular weight excluding hydrogens is 274 g/mol. The Kier molecular flexibility index (Phi) is 3.12. The third-order valence-corrected chi connectivity index (χ3v) is 3.63. The molecule has 1 aliphatic heterocycles. The average Bonchev–Trinajstić information content (AvgIpc) is 2.43. The molecular formula is C16H14F2N2O. The number of fused-ring (bicyclic) bond motifs is 1. The number of carbonyl (C=O) groups is 1. The molecule has 2 aromatic carbocycles. The second-order valence-electron chi connectivity index (χ2n) is 5.22. The first-order chi connectivity index (χ1) is 9.95. The van der Waals surface area contributed by atoms with E-state index in [1.165, 1.54) is 0 Å². The predicted octanol–water partition coefficient (Wildman–Crippen LogP) is 3.44. The van der Waals surface area contributed by atoms with Crippen molar-refractivity contribution in [3.05, 3.63) is 64.2 Å². The highest BCUT2D eigenvalue weighted by Crippen LogP contribution is 2.30. The second-order valence-corrected chi connectivity index (χ2v) is 5.22. The highest BCUT2D eigenvalue weighted by molar-refractivity contribution is 6.01. The lowest BCUT2D eigenvalue weighted by atomic mass is 10.00. The van der Waals surface area contributed by atoms with Gasteiger partial charge in [-0.05, 0) is 31.0 Å². The van der Waals surface area contributed by atoms with Crippen LogP contribution >= 0.6 is 0 Å². The van der Waals surface area contributed by atoms with Gasteiger partial charge in [-0.15, -0.1) is 0 Å². The zero-order valence-electron chi connectivity index (χ0n) is 11.6. The summed E-state index contributed by atoms with van der Waals surface area (Å²) in [6.45, 7) is 3.89. The lowest BCUT2D eigenvalue weighted by Gasteiger charge is -2.29. The van der Waals surface area contributed by atoms with Gasteiger partial charge in [0.05, 0.1) is 11.3 Å². The molecule has 0 radical (unpaired) electrons. The topological polar surface area (TPSA) is 41.1 Å². The van der Waals surface area contributed by atoms with E-state index < -0.39 is 23.7 Å². The standard InChI is InChI=1S/C16H14F2N2O/c1-8-3-4-9(2)10(5-8)15-19-14-7-13(18)12(17)6-11(14)16(21)20-15/h3-7,15,19H,1-2H3,(H,20,21). The summed E-state index contributed by atoms with van der Waals surface area (Å²) >= 11 is 0. The van der Waals surface area contributed by atoms with Crippen molar-refractivity contribution in [2.45, 2.75) is 20.0 Å². The molecule has 1 aliphatic rings. The maximum absolute atomic E-state index is 13.4. The SMILES string of the molecule is Cc1ccc(C)c(C2NC(=O)c3cc(F)c(F)cc3N2)c1. The molecule has 0 saturated heterocycles. The van der Waals surface area contributed by atoms with Crippen LogP contribution in [0.25, 0.3) is 0 Å².